The van der Waals surface area contributed by atoms with Gasteiger partial charge in [-0.15, -0.1) is 0 Å². The Hall–Kier alpha value is -1.52. The van der Waals surface area contributed by atoms with E-state index in [2.05, 4.69) is 13.8 Å². The van der Waals surface area contributed by atoms with Gasteiger partial charge in [-0.3, -0.25) is 0 Å². The van der Waals surface area contributed by atoms with E-state index in [1.54, 1.807) is 12.1 Å². The molecule has 9 heteroatoms. The second kappa shape index (κ2) is 18.4. The molecule has 0 N–H and O–H groups in total. The molecule has 0 amide bonds. The fraction of sp³-hybridized carbons (Fsp3) is 0.412. The van der Waals surface area contributed by atoms with Crippen molar-refractivity contribution in [3.05, 3.63) is 83.9 Å². The molecule has 0 radical (unpaired) electrons. The van der Waals surface area contributed by atoms with Crippen molar-refractivity contribution >= 4 is 79.5 Å². The molecule has 0 atom stereocenters. The third-order valence-corrected chi connectivity index (χ3v) is 9.14. The summed E-state index contributed by atoms with van der Waals surface area (Å²) in [7, 11) is -8.81. The van der Waals surface area contributed by atoms with E-state index in [0.29, 0.717) is 0 Å². The van der Waals surface area contributed by atoms with Gasteiger partial charge in [-0.2, -0.15) is 0 Å². The quantitative estimate of drug-likeness (QED) is 0.0773. The molecule has 0 aliphatic heterocycles. The van der Waals surface area contributed by atoms with Crippen LogP contribution in [0.5, 0.6) is 0 Å². The fourth-order valence-corrected chi connectivity index (χ4v) is 6.38. The van der Waals surface area contributed by atoms with Crippen molar-refractivity contribution in [3.63, 3.8) is 0 Å². The maximum atomic E-state index is 11.3. The number of unbranched alkanes of at least 4 members (excludes halogenated alkanes) is 8. The molecule has 6 nitrogen and oxygen atoms in total. The summed E-state index contributed by atoms with van der Waals surface area (Å²) < 4.78 is 67.7. The predicted molar refractivity (Wildman–Crippen MR) is 175 cm³/mol. The average Bonchev–Trinajstić information content (AvgIpc) is 2.96. The Labute approximate surface area is 287 Å². The van der Waals surface area contributed by atoms with Gasteiger partial charge < -0.3 is 9.11 Å². The number of hydrogen-bond acceptors (Lipinski definition) is 6. The molecule has 0 saturated heterocycles. The number of rotatable bonds is 14. The molecule has 0 saturated carbocycles. The molecular weight excluding hydrogens is 609 g/mol. The smallest absolute Gasteiger partial charge is 0.744 e. The molecule has 0 fully saturated rings. The third-order valence-electron chi connectivity index (χ3n) is 7.52. The summed E-state index contributed by atoms with van der Waals surface area (Å²) in [6.07, 6.45) is 13.2. The van der Waals surface area contributed by atoms with Crippen molar-refractivity contribution in [3.8, 4) is 0 Å². The van der Waals surface area contributed by atoms with E-state index in [4.69, 9.17) is 0 Å². The van der Waals surface area contributed by atoms with Crippen LogP contribution >= 0.6 is 0 Å². The van der Waals surface area contributed by atoms with Gasteiger partial charge >= 0.3 is 37.7 Å². The van der Waals surface area contributed by atoms with Gasteiger partial charge in [0.2, 0.25) is 0 Å². The molecule has 0 bridgehead atoms. The minimum atomic E-state index is -4.41. The molecule has 4 aromatic rings. The second-order valence-electron chi connectivity index (χ2n) is 10.8. The van der Waals surface area contributed by atoms with Crippen LogP contribution in [-0.4, -0.2) is 63.7 Å². The van der Waals surface area contributed by atoms with E-state index >= 15 is 0 Å². The maximum Gasteiger partial charge on any atom is 2.00 e. The molecule has 0 unspecified atom stereocenters. The maximum absolute atomic E-state index is 11.3. The Morgan fingerprint density at radius 2 is 0.860 bits per heavy atom. The first-order chi connectivity index (χ1) is 20.0. The van der Waals surface area contributed by atoms with E-state index in [9.17, 15) is 25.9 Å². The zero-order valence-corrected chi connectivity index (χ0v) is 29.2. The summed E-state index contributed by atoms with van der Waals surface area (Å²) >= 11 is 0. The van der Waals surface area contributed by atoms with E-state index < -0.39 is 20.2 Å². The number of hydrogen-bond donors (Lipinski definition) is 0. The van der Waals surface area contributed by atoms with Crippen molar-refractivity contribution in [2.45, 2.75) is 101 Å². The van der Waals surface area contributed by atoms with Gasteiger partial charge in [-0.05, 0) is 82.6 Å². The summed E-state index contributed by atoms with van der Waals surface area (Å²) in [4.78, 5) is -0.241. The minimum absolute atomic E-state index is 0. The summed E-state index contributed by atoms with van der Waals surface area (Å²) in [6.45, 7) is 4.35. The Balaban J connectivity index is 0.000000293. The minimum Gasteiger partial charge on any atom is -0.744 e. The molecule has 0 heterocycles. The Morgan fingerprint density at radius 1 is 0.512 bits per heavy atom. The van der Waals surface area contributed by atoms with Crippen LogP contribution in [0.1, 0.15) is 89.2 Å². The molecule has 228 valence electrons. The van der Waals surface area contributed by atoms with Crippen molar-refractivity contribution in [2.24, 2.45) is 0 Å². The van der Waals surface area contributed by atoms with E-state index in [-0.39, 0.29) is 47.5 Å². The molecule has 0 aliphatic carbocycles. The Bertz CT molecular complexity index is 1540. The topological polar surface area (TPSA) is 114 Å². The van der Waals surface area contributed by atoms with E-state index in [0.717, 1.165) is 71.2 Å². The van der Waals surface area contributed by atoms with Crippen LogP contribution < -0.4 is 0 Å². The van der Waals surface area contributed by atoms with Gasteiger partial charge in [-0.25, -0.2) is 16.8 Å². The largest absolute Gasteiger partial charge is 2.00 e. The third kappa shape index (κ3) is 12.1. The molecule has 43 heavy (non-hydrogen) atoms. The summed E-state index contributed by atoms with van der Waals surface area (Å²) in [5, 5.41) is 3.72. The van der Waals surface area contributed by atoms with Gasteiger partial charge in [0.1, 0.15) is 20.2 Å². The number of fused-ring (bicyclic) bond motifs is 2. The van der Waals surface area contributed by atoms with Crippen LogP contribution in [0.25, 0.3) is 21.5 Å². The zero-order chi connectivity index (χ0) is 30.6. The summed E-state index contributed by atoms with van der Waals surface area (Å²) in [5.41, 5.74) is 1.91. The Morgan fingerprint density at radius 3 is 1.21 bits per heavy atom. The summed E-state index contributed by atoms with van der Waals surface area (Å²) in [5.74, 6) is 0. The monoisotopic (exact) mass is 650 g/mol. The van der Waals surface area contributed by atoms with Crippen molar-refractivity contribution in [1.82, 2.24) is 0 Å². The van der Waals surface area contributed by atoms with E-state index in [1.807, 2.05) is 48.5 Å². The normalized spacial score (nSPS) is 11.6. The molecule has 4 aromatic carbocycles. The van der Waals surface area contributed by atoms with Crippen molar-refractivity contribution in [1.29, 1.82) is 0 Å². The number of benzene rings is 4. The van der Waals surface area contributed by atoms with Crippen LogP contribution in [0.15, 0.2) is 82.6 Å². The molecule has 0 aliphatic rings. The number of aryl methyl sites for hydroxylation is 2. The first-order valence-electron chi connectivity index (χ1n) is 15.0. The van der Waals surface area contributed by atoms with Gasteiger partial charge in [-0.1, -0.05) is 114 Å². The summed E-state index contributed by atoms with van der Waals surface area (Å²) in [6, 6.07) is 21.3. The van der Waals surface area contributed by atoms with Crippen molar-refractivity contribution in [2.75, 3.05) is 0 Å². The molecule has 0 aromatic heterocycles. The van der Waals surface area contributed by atoms with Gasteiger partial charge in [0, 0.05) is 0 Å². The van der Waals surface area contributed by atoms with Gasteiger partial charge in [0.05, 0.1) is 9.79 Å². The standard InChI is InChI=1S/2C17H22O3S.Ca/c2*1-2-3-4-5-6-9-14-12-16(21(18,19)20)13-15-10-7-8-11-17(14)15;/h2*7-8,10-13H,2-6,9H2,1H3,(H,18,19,20);/q;;+2/p-2. The van der Waals surface area contributed by atoms with Crippen LogP contribution in [0, 0.1) is 0 Å². The van der Waals surface area contributed by atoms with Crippen molar-refractivity contribution < 1.29 is 25.9 Å². The fourth-order valence-electron chi connectivity index (χ4n) is 5.26. The zero-order valence-electron chi connectivity index (χ0n) is 25.4. The van der Waals surface area contributed by atoms with Gasteiger partial charge in [0.15, 0.2) is 0 Å². The molecule has 0 spiro atoms. The first kappa shape index (κ1) is 37.7. The second-order valence-corrected chi connectivity index (χ2v) is 13.6. The van der Waals surface area contributed by atoms with Gasteiger partial charge in [0.25, 0.3) is 0 Å². The predicted octanol–water partition coefficient (Wildman–Crippen LogP) is 8.13. The van der Waals surface area contributed by atoms with Crippen LogP contribution in [0.3, 0.4) is 0 Å². The van der Waals surface area contributed by atoms with Crippen LogP contribution in [-0.2, 0) is 33.1 Å². The first-order valence-corrected chi connectivity index (χ1v) is 17.8. The van der Waals surface area contributed by atoms with Crippen LogP contribution in [0.2, 0.25) is 0 Å². The average molecular weight is 651 g/mol. The molecule has 4 rings (SSSR count). The SMILES string of the molecule is CCCCCCCc1cc(S(=O)(=O)[O-])cc2ccccc12.CCCCCCCc1cc(S(=O)(=O)[O-])cc2ccccc12.[Ca+2]. The Kier molecular flexibility index (Phi) is 16.2. The van der Waals surface area contributed by atoms with Crippen LogP contribution in [0.4, 0.5) is 0 Å². The van der Waals surface area contributed by atoms with E-state index in [1.165, 1.54) is 50.7 Å². The molecular formula is C34H42CaO6S2.